The molecule has 6 nitrogen and oxygen atoms in total. The minimum Gasteiger partial charge on any atom is -0.391 e. The molecule has 4 rings (SSSR count). The number of carbonyl (C=O) groups excluding carboxylic acids is 1. The monoisotopic (exact) mass is 370 g/mol. The number of pyridine rings is 1. The molecule has 0 radical (unpaired) electrons. The fourth-order valence-corrected chi connectivity index (χ4v) is 3.71. The number of H-pyrrole nitrogens is 1. The molecule has 0 aliphatic carbocycles. The molecule has 2 N–H and O–H groups in total. The van der Waals surface area contributed by atoms with Gasteiger partial charge in [-0.1, -0.05) is 29.8 Å². The van der Waals surface area contributed by atoms with Gasteiger partial charge in [-0.25, -0.2) is 0 Å². The van der Waals surface area contributed by atoms with Crippen molar-refractivity contribution in [2.45, 2.75) is 19.4 Å². The predicted molar refractivity (Wildman–Crippen MR) is 99.2 cm³/mol. The number of aliphatic hydroxyl groups excluding tert-OH is 1. The van der Waals surface area contributed by atoms with Gasteiger partial charge in [0, 0.05) is 30.6 Å². The van der Waals surface area contributed by atoms with Gasteiger partial charge in [0.1, 0.15) is 0 Å². The number of β-amino-alcohol motifs (C(OH)–C–C–N with tert-alkyl or cyclic N) is 1. The lowest BCUT2D eigenvalue weighted by Gasteiger charge is -2.16. The number of fused-ring (bicyclic) bond motifs is 1. The number of nitrogens with one attached hydrogen (secondary N) is 1. The topological polar surface area (TPSA) is 82.1 Å². The van der Waals surface area contributed by atoms with Crippen molar-refractivity contribution in [3.63, 3.8) is 0 Å². The third-order valence-electron chi connectivity index (χ3n) is 4.99. The van der Waals surface area contributed by atoms with Crippen molar-refractivity contribution in [1.29, 1.82) is 0 Å². The smallest absolute Gasteiger partial charge is 0.276 e. The number of benzene rings is 1. The lowest BCUT2D eigenvalue weighted by Crippen LogP contribution is -2.30. The molecule has 0 unspecified atom stereocenters. The number of halogens is 1. The van der Waals surface area contributed by atoms with E-state index in [-0.39, 0.29) is 24.1 Å². The number of amides is 1. The molecule has 2 atom stereocenters. The number of likely N-dealkylation sites (tertiary alicyclic amines) is 1. The summed E-state index contributed by atoms with van der Waals surface area (Å²) in [4.78, 5) is 18.7. The molecule has 1 saturated heterocycles. The van der Waals surface area contributed by atoms with Crippen LogP contribution in [0.1, 0.15) is 21.7 Å². The van der Waals surface area contributed by atoms with Crippen LogP contribution < -0.4 is 0 Å². The Balaban J connectivity index is 1.54. The highest BCUT2D eigenvalue weighted by Gasteiger charge is 2.36. The van der Waals surface area contributed by atoms with Crippen LogP contribution in [-0.2, 0) is 6.42 Å². The van der Waals surface area contributed by atoms with Crippen molar-refractivity contribution in [3.8, 4) is 0 Å². The quantitative estimate of drug-likeness (QED) is 0.742. The van der Waals surface area contributed by atoms with Crippen molar-refractivity contribution in [1.82, 2.24) is 20.1 Å². The number of carbonyl (C=O) groups is 1. The van der Waals surface area contributed by atoms with E-state index in [4.69, 9.17) is 11.6 Å². The van der Waals surface area contributed by atoms with Gasteiger partial charge in [-0.15, -0.1) is 0 Å². The van der Waals surface area contributed by atoms with E-state index < -0.39 is 6.10 Å². The molecular formula is C19H19ClN4O2. The summed E-state index contributed by atoms with van der Waals surface area (Å²) in [6, 6.07) is 9.93. The number of hydrogen-bond acceptors (Lipinski definition) is 4. The van der Waals surface area contributed by atoms with Crippen LogP contribution in [0.5, 0.6) is 0 Å². The Morgan fingerprint density at radius 1 is 1.35 bits per heavy atom. The zero-order valence-corrected chi connectivity index (χ0v) is 15.1. The van der Waals surface area contributed by atoms with Gasteiger partial charge in [0.25, 0.3) is 5.91 Å². The SMILES string of the molecule is Cc1[nH]nc(C(=O)N2C[C@@H](Cc3ccnc4ccccc34)[C@@H](O)C2)c1Cl. The van der Waals surface area contributed by atoms with Crippen molar-refractivity contribution >= 4 is 28.4 Å². The van der Waals surface area contributed by atoms with E-state index in [1.165, 1.54) is 0 Å². The normalized spacial score (nSPS) is 20.0. The number of rotatable bonds is 3. The molecule has 3 aromatic rings. The van der Waals surface area contributed by atoms with Crippen molar-refractivity contribution in [3.05, 3.63) is 58.5 Å². The molecule has 1 fully saturated rings. The summed E-state index contributed by atoms with van der Waals surface area (Å²) < 4.78 is 0. The molecule has 0 spiro atoms. The van der Waals surface area contributed by atoms with Crippen molar-refractivity contribution < 1.29 is 9.90 Å². The van der Waals surface area contributed by atoms with Crippen molar-refractivity contribution in [2.75, 3.05) is 13.1 Å². The first-order valence-corrected chi connectivity index (χ1v) is 8.93. The zero-order chi connectivity index (χ0) is 18.3. The van der Waals surface area contributed by atoms with Gasteiger partial charge in [-0.2, -0.15) is 5.10 Å². The third kappa shape index (κ3) is 2.95. The summed E-state index contributed by atoms with van der Waals surface area (Å²) in [6.07, 6.45) is 1.89. The van der Waals surface area contributed by atoms with E-state index >= 15 is 0 Å². The fourth-order valence-electron chi connectivity index (χ4n) is 3.54. The molecule has 0 bridgehead atoms. The molecule has 134 valence electrons. The Labute approximate surface area is 155 Å². The van der Waals surface area contributed by atoms with Crippen LogP contribution in [0, 0.1) is 12.8 Å². The maximum absolute atomic E-state index is 12.7. The number of aromatic amines is 1. The van der Waals surface area contributed by atoms with Crippen LogP contribution in [0.4, 0.5) is 0 Å². The minimum absolute atomic E-state index is 0.0384. The number of aromatic nitrogens is 3. The van der Waals surface area contributed by atoms with E-state index in [1.54, 1.807) is 18.0 Å². The molecule has 0 saturated carbocycles. The maximum Gasteiger partial charge on any atom is 0.276 e. The Bertz CT molecular complexity index is 966. The molecule has 1 amide bonds. The van der Waals surface area contributed by atoms with Crippen LogP contribution in [0.3, 0.4) is 0 Å². The van der Waals surface area contributed by atoms with E-state index in [2.05, 4.69) is 15.2 Å². The largest absolute Gasteiger partial charge is 0.391 e. The average molecular weight is 371 g/mol. The molecule has 3 heterocycles. The van der Waals surface area contributed by atoms with Gasteiger partial charge in [0.2, 0.25) is 0 Å². The molecule has 1 aromatic carbocycles. The van der Waals surface area contributed by atoms with Gasteiger partial charge in [-0.3, -0.25) is 14.9 Å². The average Bonchev–Trinajstić information content (AvgIpc) is 3.18. The summed E-state index contributed by atoms with van der Waals surface area (Å²) in [7, 11) is 0. The molecule has 26 heavy (non-hydrogen) atoms. The number of aliphatic hydroxyl groups is 1. The molecular weight excluding hydrogens is 352 g/mol. The first-order chi connectivity index (χ1) is 12.5. The zero-order valence-electron chi connectivity index (χ0n) is 14.3. The second-order valence-corrected chi connectivity index (χ2v) is 7.12. The first kappa shape index (κ1) is 17.0. The number of aryl methyl sites for hydroxylation is 1. The summed E-state index contributed by atoms with van der Waals surface area (Å²) in [5, 5.41) is 18.6. The fraction of sp³-hybridized carbons (Fsp3) is 0.316. The molecule has 1 aliphatic heterocycles. The lowest BCUT2D eigenvalue weighted by atomic mass is 9.94. The van der Waals surface area contributed by atoms with Gasteiger partial charge in [0.15, 0.2) is 5.69 Å². The summed E-state index contributed by atoms with van der Waals surface area (Å²) in [6.45, 7) is 2.52. The van der Waals surface area contributed by atoms with Crippen molar-refractivity contribution in [2.24, 2.45) is 5.92 Å². The van der Waals surface area contributed by atoms with E-state index in [0.29, 0.717) is 23.7 Å². The molecule has 2 aromatic heterocycles. The standard InChI is InChI=1S/C19H19ClN4O2/c1-11-17(20)18(23-22-11)19(26)24-9-13(16(25)10-24)8-12-6-7-21-15-5-3-2-4-14(12)15/h2-7,13,16,25H,8-10H2,1H3,(H,22,23)/t13-,16+/m1/s1. The van der Waals surface area contributed by atoms with Gasteiger partial charge < -0.3 is 10.0 Å². The second kappa shape index (κ2) is 6.70. The van der Waals surface area contributed by atoms with Crippen LogP contribution in [0.15, 0.2) is 36.5 Å². The van der Waals surface area contributed by atoms with Crippen LogP contribution in [-0.4, -0.2) is 50.3 Å². The van der Waals surface area contributed by atoms with Crippen LogP contribution in [0.25, 0.3) is 10.9 Å². The number of nitrogens with zero attached hydrogens (tertiary/aromatic N) is 3. The van der Waals surface area contributed by atoms with Gasteiger partial charge in [-0.05, 0) is 31.0 Å². The number of para-hydroxylation sites is 1. The number of hydrogen-bond donors (Lipinski definition) is 2. The van der Waals surface area contributed by atoms with E-state index in [1.807, 2.05) is 30.3 Å². The Kier molecular flexibility index (Phi) is 4.38. The first-order valence-electron chi connectivity index (χ1n) is 8.55. The molecule has 7 heteroatoms. The third-order valence-corrected chi connectivity index (χ3v) is 5.45. The van der Waals surface area contributed by atoms with Crippen LogP contribution >= 0.6 is 11.6 Å². The van der Waals surface area contributed by atoms with E-state index in [9.17, 15) is 9.90 Å². The lowest BCUT2D eigenvalue weighted by molar-refractivity contribution is 0.0759. The Morgan fingerprint density at radius 2 is 2.15 bits per heavy atom. The Morgan fingerprint density at radius 3 is 2.92 bits per heavy atom. The summed E-state index contributed by atoms with van der Waals surface area (Å²) in [5.74, 6) is -0.288. The summed E-state index contributed by atoms with van der Waals surface area (Å²) in [5.41, 5.74) is 2.94. The predicted octanol–water partition coefficient (Wildman–Crippen LogP) is 2.60. The van der Waals surface area contributed by atoms with Gasteiger partial charge >= 0.3 is 0 Å². The maximum atomic E-state index is 12.7. The highest BCUT2D eigenvalue weighted by molar-refractivity contribution is 6.34. The highest BCUT2D eigenvalue weighted by atomic mass is 35.5. The van der Waals surface area contributed by atoms with Gasteiger partial charge in [0.05, 0.1) is 22.3 Å². The Hall–Kier alpha value is -2.44. The summed E-state index contributed by atoms with van der Waals surface area (Å²) >= 11 is 6.14. The second-order valence-electron chi connectivity index (χ2n) is 6.74. The van der Waals surface area contributed by atoms with E-state index in [0.717, 1.165) is 16.5 Å². The molecule has 1 aliphatic rings. The van der Waals surface area contributed by atoms with Crippen LogP contribution in [0.2, 0.25) is 5.02 Å². The minimum atomic E-state index is -0.579. The highest BCUT2D eigenvalue weighted by Crippen LogP contribution is 2.27.